The first-order chi connectivity index (χ1) is 13.0. The minimum atomic E-state index is -0.349. The van der Waals surface area contributed by atoms with E-state index in [1.165, 1.54) is 16.2 Å². The van der Waals surface area contributed by atoms with Gasteiger partial charge in [0.05, 0.1) is 5.56 Å². The number of nitrogens with one attached hydrogen (secondary N) is 1. The number of hydrogen-bond donors (Lipinski definition) is 1. The van der Waals surface area contributed by atoms with Crippen LogP contribution < -0.4 is 5.32 Å². The number of nitrogens with zero attached hydrogens (tertiary/aromatic N) is 1. The highest BCUT2D eigenvalue weighted by atomic mass is 35.5. The molecule has 0 bridgehead atoms. The van der Waals surface area contributed by atoms with E-state index in [1.807, 2.05) is 12.1 Å². The predicted molar refractivity (Wildman–Crippen MR) is 107 cm³/mol. The first-order valence-corrected chi connectivity index (χ1v) is 9.96. The van der Waals surface area contributed by atoms with Crippen LogP contribution in [0.5, 0.6) is 0 Å². The third kappa shape index (κ3) is 3.51. The van der Waals surface area contributed by atoms with Crippen LogP contribution in [-0.2, 0) is 12.8 Å². The molecule has 6 heteroatoms. The van der Waals surface area contributed by atoms with E-state index in [9.17, 15) is 10.1 Å². The van der Waals surface area contributed by atoms with Crippen molar-refractivity contribution in [1.29, 1.82) is 5.26 Å². The number of benzene rings is 1. The summed E-state index contributed by atoms with van der Waals surface area (Å²) in [6.07, 6.45) is 2.94. The topological polar surface area (TPSA) is 66.0 Å². The summed E-state index contributed by atoms with van der Waals surface area (Å²) in [5, 5.41) is 13.7. The summed E-state index contributed by atoms with van der Waals surface area (Å²) in [4.78, 5) is 13.8. The smallest absolute Gasteiger partial charge is 0.292 e. The second kappa shape index (κ2) is 7.22. The third-order valence-corrected chi connectivity index (χ3v) is 6.23. The first kappa shape index (κ1) is 17.8. The fourth-order valence-corrected chi connectivity index (χ4v) is 4.83. The molecule has 0 fully saturated rings. The van der Waals surface area contributed by atoms with Crippen molar-refractivity contribution in [3.8, 4) is 17.4 Å². The summed E-state index contributed by atoms with van der Waals surface area (Å²) in [6.45, 7) is 2.22. The van der Waals surface area contributed by atoms with Gasteiger partial charge in [0.2, 0.25) is 0 Å². The van der Waals surface area contributed by atoms with Crippen LogP contribution >= 0.6 is 22.9 Å². The van der Waals surface area contributed by atoms with E-state index in [-0.39, 0.29) is 11.7 Å². The molecule has 4 nitrogen and oxygen atoms in total. The van der Waals surface area contributed by atoms with Crippen LogP contribution in [0.1, 0.15) is 39.9 Å². The number of anilines is 1. The Morgan fingerprint density at radius 1 is 1.30 bits per heavy atom. The Bertz CT molecular complexity index is 1040. The second-order valence-electron chi connectivity index (χ2n) is 6.79. The van der Waals surface area contributed by atoms with Gasteiger partial charge in [-0.15, -0.1) is 11.3 Å². The molecule has 0 aliphatic heterocycles. The van der Waals surface area contributed by atoms with Crippen molar-refractivity contribution in [1.82, 2.24) is 0 Å². The Labute approximate surface area is 166 Å². The van der Waals surface area contributed by atoms with Gasteiger partial charge in [-0.25, -0.2) is 0 Å². The number of amides is 1. The molecule has 1 amide bonds. The number of hydrogen-bond acceptors (Lipinski definition) is 4. The zero-order valence-corrected chi connectivity index (χ0v) is 16.3. The molecule has 0 radical (unpaired) electrons. The molecule has 136 valence electrons. The molecular formula is C21H17ClN2O2S. The molecule has 2 heterocycles. The summed E-state index contributed by atoms with van der Waals surface area (Å²) in [5.74, 6) is 1.07. The van der Waals surface area contributed by atoms with Crippen molar-refractivity contribution in [3.63, 3.8) is 0 Å². The van der Waals surface area contributed by atoms with Gasteiger partial charge >= 0.3 is 0 Å². The Morgan fingerprint density at radius 2 is 2.07 bits per heavy atom. The van der Waals surface area contributed by atoms with Crippen LogP contribution in [0, 0.1) is 17.2 Å². The molecule has 0 spiro atoms. The number of carbonyl (C=O) groups excluding carboxylic acids is 1. The molecule has 1 aromatic carbocycles. The number of furan rings is 1. The molecule has 1 N–H and O–H groups in total. The molecular weight excluding hydrogens is 380 g/mol. The van der Waals surface area contributed by atoms with Gasteiger partial charge in [-0.2, -0.15) is 5.26 Å². The summed E-state index contributed by atoms with van der Waals surface area (Å²) in [6, 6.07) is 12.9. The van der Waals surface area contributed by atoms with Gasteiger partial charge in [0.25, 0.3) is 5.91 Å². The van der Waals surface area contributed by atoms with Gasteiger partial charge in [0, 0.05) is 15.5 Å². The molecule has 1 atom stereocenters. The summed E-state index contributed by atoms with van der Waals surface area (Å²) < 4.78 is 5.70. The molecule has 0 saturated carbocycles. The number of halogens is 1. The van der Waals surface area contributed by atoms with Gasteiger partial charge in [-0.1, -0.05) is 18.5 Å². The molecule has 27 heavy (non-hydrogen) atoms. The van der Waals surface area contributed by atoms with Crippen LogP contribution in [0.15, 0.2) is 40.8 Å². The fraction of sp³-hybridized carbons (Fsp3) is 0.238. The van der Waals surface area contributed by atoms with Crippen LogP contribution in [0.25, 0.3) is 11.3 Å². The van der Waals surface area contributed by atoms with Crippen molar-refractivity contribution >= 4 is 33.8 Å². The van der Waals surface area contributed by atoms with Crippen LogP contribution in [0.4, 0.5) is 5.00 Å². The average Bonchev–Trinajstić information content (AvgIpc) is 3.26. The van der Waals surface area contributed by atoms with Crippen LogP contribution in [0.3, 0.4) is 0 Å². The highest BCUT2D eigenvalue weighted by Gasteiger charge is 2.25. The van der Waals surface area contributed by atoms with Gasteiger partial charge in [0.15, 0.2) is 5.76 Å². The number of nitriles is 1. The maximum absolute atomic E-state index is 12.6. The van der Waals surface area contributed by atoms with Crippen LogP contribution in [-0.4, -0.2) is 5.91 Å². The third-order valence-electron chi connectivity index (χ3n) is 4.81. The summed E-state index contributed by atoms with van der Waals surface area (Å²) in [5.41, 5.74) is 2.54. The standard InChI is InChI=1S/C21H17ClN2O2S/c1-12-2-7-15-16(11-23)21(27-19(15)10-12)24-20(25)18-9-8-17(26-18)13-3-5-14(22)6-4-13/h3-6,8-9,12H,2,7,10H2,1H3,(H,24,25)/t12-/m0/s1. The van der Waals surface area contributed by atoms with Gasteiger partial charge in [0.1, 0.15) is 16.8 Å². The molecule has 0 unspecified atom stereocenters. The van der Waals surface area contributed by atoms with Crippen LogP contribution in [0.2, 0.25) is 5.02 Å². The minimum absolute atomic E-state index is 0.212. The van der Waals surface area contributed by atoms with E-state index in [4.69, 9.17) is 16.0 Å². The summed E-state index contributed by atoms with van der Waals surface area (Å²) >= 11 is 7.41. The number of carbonyl (C=O) groups is 1. The Kier molecular flexibility index (Phi) is 4.77. The van der Waals surface area contributed by atoms with Crippen molar-refractivity contribution in [2.75, 3.05) is 5.32 Å². The van der Waals surface area contributed by atoms with Crippen molar-refractivity contribution in [2.45, 2.75) is 26.2 Å². The molecule has 1 aliphatic carbocycles. The Hall–Kier alpha value is -2.55. The number of rotatable bonds is 3. The minimum Gasteiger partial charge on any atom is -0.451 e. The predicted octanol–water partition coefficient (Wildman–Crippen LogP) is 5.91. The van der Waals surface area contributed by atoms with E-state index in [0.717, 1.165) is 30.4 Å². The van der Waals surface area contributed by atoms with E-state index in [1.54, 1.807) is 24.3 Å². The number of thiophene rings is 1. The van der Waals surface area contributed by atoms with Crippen molar-refractivity contribution in [3.05, 3.63) is 63.2 Å². The van der Waals surface area contributed by atoms with E-state index in [0.29, 0.717) is 27.3 Å². The number of fused-ring (bicyclic) bond motifs is 1. The highest BCUT2D eigenvalue weighted by Crippen LogP contribution is 2.39. The zero-order valence-electron chi connectivity index (χ0n) is 14.7. The van der Waals surface area contributed by atoms with E-state index >= 15 is 0 Å². The van der Waals surface area contributed by atoms with Gasteiger partial charge < -0.3 is 9.73 Å². The Balaban J connectivity index is 1.57. The lowest BCUT2D eigenvalue weighted by atomic mass is 9.89. The molecule has 3 aromatic rings. The average molecular weight is 397 g/mol. The Morgan fingerprint density at radius 3 is 2.81 bits per heavy atom. The molecule has 4 rings (SSSR count). The van der Waals surface area contributed by atoms with Gasteiger partial charge in [-0.3, -0.25) is 4.79 Å². The normalized spacial score (nSPS) is 15.8. The monoisotopic (exact) mass is 396 g/mol. The first-order valence-electron chi connectivity index (χ1n) is 8.77. The zero-order chi connectivity index (χ0) is 19.0. The maximum atomic E-state index is 12.6. The van der Waals surface area contributed by atoms with E-state index in [2.05, 4.69) is 18.3 Å². The summed E-state index contributed by atoms with van der Waals surface area (Å²) in [7, 11) is 0. The quantitative estimate of drug-likeness (QED) is 0.598. The molecule has 0 saturated heterocycles. The molecule has 2 aromatic heterocycles. The van der Waals surface area contributed by atoms with Crippen molar-refractivity contribution < 1.29 is 9.21 Å². The lowest BCUT2D eigenvalue weighted by Crippen LogP contribution is -2.11. The maximum Gasteiger partial charge on any atom is 0.292 e. The highest BCUT2D eigenvalue weighted by molar-refractivity contribution is 7.16. The lowest BCUT2D eigenvalue weighted by molar-refractivity contribution is 0.0998. The second-order valence-corrected chi connectivity index (χ2v) is 8.33. The largest absolute Gasteiger partial charge is 0.451 e. The lowest BCUT2D eigenvalue weighted by Gasteiger charge is -2.17. The fourth-order valence-electron chi connectivity index (χ4n) is 3.35. The van der Waals surface area contributed by atoms with E-state index < -0.39 is 0 Å². The van der Waals surface area contributed by atoms with Crippen molar-refractivity contribution in [2.24, 2.45) is 5.92 Å². The SMILES string of the molecule is C[C@H]1CCc2c(sc(NC(=O)c3ccc(-c4ccc(Cl)cc4)o3)c2C#N)C1. The van der Waals surface area contributed by atoms with Gasteiger partial charge in [-0.05, 0) is 67.1 Å². The molecule has 1 aliphatic rings.